The Kier molecular flexibility index (Phi) is 3.20. The highest BCUT2D eigenvalue weighted by molar-refractivity contribution is 8.45. The lowest BCUT2D eigenvalue weighted by atomic mass is 9.68. The lowest BCUT2D eigenvalue weighted by Gasteiger charge is -2.45. The summed E-state index contributed by atoms with van der Waals surface area (Å²) < 4.78 is 67.0. The van der Waals surface area contributed by atoms with Gasteiger partial charge < -0.3 is 10.4 Å². The van der Waals surface area contributed by atoms with Crippen LogP contribution in [0.1, 0.15) is 42.3 Å². The van der Waals surface area contributed by atoms with E-state index in [-0.39, 0.29) is 29.5 Å². The van der Waals surface area contributed by atoms with Crippen molar-refractivity contribution in [2.75, 3.05) is 5.32 Å². The maximum absolute atomic E-state index is 13.4. The molecule has 0 spiro atoms. The normalized spacial score (nSPS) is 33.4. The van der Waals surface area contributed by atoms with Gasteiger partial charge in [0.15, 0.2) is 0 Å². The summed E-state index contributed by atoms with van der Waals surface area (Å²) in [7, 11) is -9.73. The molecule has 2 fully saturated rings. The minimum Gasteiger partial charge on any atom is -0.508 e. The molecule has 5 atom stereocenters. The molecular formula is C20H20F5NOS. The zero-order valence-corrected chi connectivity index (χ0v) is 15.6. The van der Waals surface area contributed by atoms with Crippen molar-refractivity contribution < 1.29 is 24.5 Å². The van der Waals surface area contributed by atoms with Crippen LogP contribution in [0.4, 0.5) is 25.1 Å². The summed E-state index contributed by atoms with van der Waals surface area (Å²) >= 11 is 0. The van der Waals surface area contributed by atoms with E-state index >= 15 is 0 Å². The molecule has 0 saturated heterocycles. The Hall–Kier alpha value is -1.96. The summed E-state index contributed by atoms with van der Waals surface area (Å²) in [5.74, 6) is 0.406. The number of fused-ring (bicyclic) bond motifs is 7. The fourth-order valence-electron chi connectivity index (χ4n) is 5.76. The summed E-state index contributed by atoms with van der Waals surface area (Å²) in [5, 5.41) is 13.6. The Balaban J connectivity index is 1.67. The molecule has 2 saturated carbocycles. The van der Waals surface area contributed by atoms with Crippen molar-refractivity contribution in [3.63, 3.8) is 0 Å². The molecule has 5 rings (SSSR count). The molecule has 0 unspecified atom stereocenters. The minimum absolute atomic E-state index is 0.0201. The van der Waals surface area contributed by atoms with Gasteiger partial charge in [-0.05, 0) is 72.8 Å². The summed E-state index contributed by atoms with van der Waals surface area (Å²) in [6, 6.07) is 8.94. The van der Waals surface area contributed by atoms with Gasteiger partial charge in [0, 0.05) is 11.3 Å². The van der Waals surface area contributed by atoms with Crippen LogP contribution in [0.2, 0.25) is 0 Å². The predicted molar refractivity (Wildman–Crippen MR) is 99.4 cm³/mol. The molecule has 152 valence electrons. The van der Waals surface area contributed by atoms with Gasteiger partial charge in [0.2, 0.25) is 0 Å². The van der Waals surface area contributed by atoms with Gasteiger partial charge in [-0.1, -0.05) is 37.6 Å². The summed E-state index contributed by atoms with van der Waals surface area (Å²) in [5.41, 5.74) is 1.50. The standard InChI is InChI=1S/C20H20F5NOS/c21-28(22,23,24,25)13-7-8-16-15(10-13)18-11-5-6-12(9-11)19(18)20(26-16)14-3-1-2-4-17(14)27/h1-4,7-8,10-12,18-20,26-27H,5-6,9H2/t11-,12+,18-,19-,20+/m1/s1. The molecule has 2 aromatic rings. The summed E-state index contributed by atoms with van der Waals surface area (Å²) in [4.78, 5) is -1.82. The SMILES string of the molecule is Oc1ccccc1[C@@H]1Nc2ccc(S(F)(F)(F)(F)F)cc2[C@H]2[C@@H]3CC[C@@H](C3)[C@H]21. The molecule has 2 nitrogen and oxygen atoms in total. The van der Waals surface area contributed by atoms with E-state index in [0.717, 1.165) is 25.3 Å². The number of hydrogen-bond donors (Lipinski definition) is 2. The second-order valence-corrected chi connectivity index (χ2v) is 10.7. The van der Waals surface area contributed by atoms with Gasteiger partial charge in [-0.2, -0.15) is 0 Å². The molecule has 2 N–H and O–H groups in total. The molecular weight excluding hydrogens is 397 g/mol. The molecule has 1 aliphatic heterocycles. The van der Waals surface area contributed by atoms with Crippen molar-refractivity contribution in [3.8, 4) is 5.75 Å². The van der Waals surface area contributed by atoms with Crippen LogP contribution in [0.15, 0.2) is 47.4 Å². The zero-order chi connectivity index (χ0) is 20.0. The Morgan fingerprint density at radius 1 is 0.893 bits per heavy atom. The number of halogens is 5. The van der Waals surface area contributed by atoms with Crippen LogP contribution in [-0.4, -0.2) is 5.11 Å². The van der Waals surface area contributed by atoms with E-state index in [4.69, 9.17) is 0 Å². The van der Waals surface area contributed by atoms with E-state index in [0.29, 0.717) is 34.9 Å². The average Bonchev–Trinajstić information content (AvgIpc) is 3.21. The maximum atomic E-state index is 13.4. The first-order valence-electron chi connectivity index (χ1n) is 9.35. The van der Waals surface area contributed by atoms with Crippen LogP contribution >= 0.6 is 10.2 Å². The molecule has 2 aromatic carbocycles. The molecule has 2 bridgehead atoms. The molecule has 0 amide bonds. The molecule has 0 aromatic heterocycles. The number of anilines is 1. The van der Waals surface area contributed by atoms with Crippen LogP contribution < -0.4 is 5.32 Å². The first-order chi connectivity index (χ1) is 12.9. The zero-order valence-electron chi connectivity index (χ0n) is 14.8. The van der Waals surface area contributed by atoms with Crippen molar-refractivity contribution in [2.24, 2.45) is 17.8 Å². The third-order valence-electron chi connectivity index (χ3n) is 6.78. The van der Waals surface area contributed by atoms with E-state index in [2.05, 4.69) is 5.32 Å². The van der Waals surface area contributed by atoms with Crippen LogP contribution in [0, 0.1) is 17.8 Å². The first-order valence-corrected chi connectivity index (χ1v) is 11.3. The molecule has 1 heterocycles. The van der Waals surface area contributed by atoms with Gasteiger partial charge >= 0.3 is 10.2 Å². The van der Waals surface area contributed by atoms with Gasteiger partial charge in [-0.15, -0.1) is 0 Å². The van der Waals surface area contributed by atoms with Crippen molar-refractivity contribution in [2.45, 2.75) is 36.1 Å². The van der Waals surface area contributed by atoms with E-state index < -0.39 is 15.1 Å². The van der Waals surface area contributed by atoms with Gasteiger partial charge in [-0.3, -0.25) is 0 Å². The maximum Gasteiger partial charge on any atom is 0.310 e. The van der Waals surface area contributed by atoms with Crippen molar-refractivity contribution in [1.82, 2.24) is 0 Å². The van der Waals surface area contributed by atoms with Crippen LogP contribution in [-0.2, 0) is 0 Å². The number of rotatable bonds is 2. The number of aromatic hydroxyl groups is 1. The Bertz CT molecular complexity index is 977. The highest BCUT2D eigenvalue weighted by Gasteiger charge is 2.66. The first kappa shape index (κ1) is 18.1. The second kappa shape index (κ2) is 4.96. The smallest absolute Gasteiger partial charge is 0.310 e. The van der Waals surface area contributed by atoms with Crippen molar-refractivity contribution in [1.29, 1.82) is 0 Å². The quantitative estimate of drug-likeness (QED) is 0.501. The fraction of sp³-hybridized carbons (Fsp3) is 0.400. The number of nitrogens with one attached hydrogen (secondary N) is 1. The topological polar surface area (TPSA) is 32.3 Å². The second-order valence-electron chi connectivity index (χ2n) is 8.34. The molecule has 3 aliphatic rings. The summed E-state index contributed by atoms with van der Waals surface area (Å²) in [6.45, 7) is 0. The fourth-order valence-corrected chi connectivity index (χ4v) is 6.44. The van der Waals surface area contributed by atoms with Gasteiger partial charge in [0.05, 0.1) is 6.04 Å². The number of para-hydroxylation sites is 1. The summed E-state index contributed by atoms with van der Waals surface area (Å²) in [6.07, 6.45) is 2.77. The third-order valence-corrected chi connectivity index (χ3v) is 7.92. The monoisotopic (exact) mass is 417 g/mol. The largest absolute Gasteiger partial charge is 0.508 e. The highest BCUT2D eigenvalue weighted by Crippen LogP contribution is 3.02. The molecule has 28 heavy (non-hydrogen) atoms. The third kappa shape index (κ3) is 2.68. The number of benzene rings is 2. The van der Waals surface area contributed by atoms with E-state index in [1.165, 1.54) is 0 Å². The molecule has 2 aliphatic carbocycles. The van der Waals surface area contributed by atoms with Gasteiger partial charge in [0.25, 0.3) is 0 Å². The van der Waals surface area contributed by atoms with Crippen molar-refractivity contribution in [3.05, 3.63) is 53.6 Å². The lowest BCUT2D eigenvalue weighted by Crippen LogP contribution is -2.35. The molecule has 0 radical (unpaired) electrons. The van der Waals surface area contributed by atoms with Gasteiger partial charge in [-0.25, -0.2) is 0 Å². The van der Waals surface area contributed by atoms with Crippen molar-refractivity contribution >= 4 is 15.9 Å². The van der Waals surface area contributed by atoms with E-state index in [1.807, 2.05) is 12.1 Å². The predicted octanol–water partition coefficient (Wildman–Crippen LogP) is 7.35. The van der Waals surface area contributed by atoms with Crippen LogP contribution in [0.3, 0.4) is 0 Å². The van der Waals surface area contributed by atoms with Gasteiger partial charge in [0.1, 0.15) is 10.6 Å². The number of phenolic OH excluding ortho intramolecular Hbond substituents is 1. The van der Waals surface area contributed by atoms with E-state index in [9.17, 15) is 24.5 Å². The van der Waals surface area contributed by atoms with Crippen LogP contribution in [0.5, 0.6) is 5.75 Å². The molecule has 8 heteroatoms. The Morgan fingerprint density at radius 2 is 1.61 bits per heavy atom. The Morgan fingerprint density at radius 3 is 2.32 bits per heavy atom. The lowest BCUT2D eigenvalue weighted by molar-refractivity contribution is 0.244. The average molecular weight is 417 g/mol. The van der Waals surface area contributed by atoms with E-state index in [1.54, 1.807) is 12.1 Å². The number of hydrogen-bond acceptors (Lipinski definition) is 2. The minimum atomic E-state index is -9.73. The number of phenols is 1. The Labute approximate surface area is 159 Å². The highest BCUT2D eigenvalue weighted by atomic mass is 32.5. The van der Waals surface area contributed by atoms with Crippen LogP contribution in [0.25, 0.3) is 0 Å².